The average Bonchev–Trinajstić information content (AvgIpc) is 1.65. The summed E-state index contributed by atoms with van der Waals surface area (Å²) in [6.07, 6.45) is -12.4. The Kier molecular flexibility index (Phi) is 33.9. The zero-order chi connectivity index (χ0) is 93.3. The summed E-state index contributed by atoms with van der Waals surface area (Å²) in [5, 5.41) is 16.9. The second-order valence-electron chi connectivity index (χ2n) is 30.1. The van der Waals surface area contributed by atoms with Crippen LogP contribution in [0.5, 0.6) is 51.7 Å². The minimum atomic E-state index is -5.11. The number of esters is 2. The van der Waals surface area contributed by atoms with Crippen molar-refractivity contribution in [1.29, 1.82) is 0 Å². The minimum Gasteiger partial charge on any atom is -0.870 e. The first kappa shape index (κ1) is 102. The molecule has 3 aliphatic carbocycles. The number of anilines is 6. The summed E-state index contributed by atoms with van der Waals surface area (Å²) in [5.74, 6) is -6.79. The van der Waals surface area contributed by atoms with Crippen LogP contribution in [0.15, 0.2) is 164 Å². The van der Waals surface area contributed by atoms with Gasteiger partial charge in [-0.1, -0.05) is 87.1 Å². The summed E-state index contributed by atoms with van der Waals surface area (Å²) in [5.41, 5.74) is 10.4. The molecule has 3 fully saturated rings. The molecule has 694 valence electrons. The molecular weight excluding hydrogens is 1880 g/mol. The Bertz CT molecular complexity index is 5610. The molecule has 0 aromatic heterocycles. The monoisotopic (exact) mass is 1960 g/mol. The van der Waals surface area contributed by atoms with Crippen molar-refractivity contribution in [3.8, 4) is 51.7 Å². The molecule has 3 heterocycles. The van der Waals surface area contributed by atoms with Gasteiger partial charge < -0.3 is 93.8 Å². The van der Waals surface area contributed by atoms with E-state index in [-0.39, 0.29) is 135 Å². The number of alkyl halides is 10. The Labute approximate surface area is 776 Å². The number of carboxylic acid groups (broad SMARTS) is 1. The molecule has 25 nitrogen and oxygen atoms in total. The average molecular weight is 1960 g/mol. The van der Waals surface area contributed by atoms with Gasteiger partial charge in [-0.3, -0.25) is 28.8 Å². The Morgan fingerprint density at radius 2 is 0.725 bits per heavy atom. The smallest absolute Gasteiger partial charge is 0.870 e. The van der Waals surface area contributed by atoms with Gasteiger partial charge >= 0.3 is 55.9 Å². The summed E-state index contributed by atoms with van der Waals surface area (Å²) < 4.78 is 211. The Morgan fingerprint density at radius 3 is 1.04 bits per heavy atom. The van der Waals surface area contributed by atoms with Gasteiger partial charge in [-0.15, -0.1) is 39.5 Å². The van der Waals surface area contributed by atoms with Gasteiger partial charge in [-0.25, -0.2) is 13.2 Å². The first-order chi connectivity index (χ1) is 61.2. The van der Waals surface area contributed by atoms with Gasteiger partial charge in [0.25, 0.3) is 11.8 Å². The molecule has 3 unspecified atom stereocenters. The normalized spacial score (nSPS) is 17.6. The third kappa shape index (κ3) is 27.1. The van der Waals surface area contributed by atoms with Gasteiger partial charge in [-0.05, 0) is 127 Å². The zero-order valence-electron chi connectivity index (χ0n) is 70.1. The number of carbonyl (C=O) groups excluding carboxylic acids is 5. The maximum Gasteiger partial charge on any atom is 1.00 e. The molecule has 42 heteroatoms. The topological polar surface area (TPSA) is 314 Å². The van der Waals surface area contributed by atoms with E-state index in [0.717, 1.165) is 42.8 Å². The third-order valence-electron chi connectivity index (χ3n) is 21.3. The molecule has 6 N–H and O–H groups in total. The van der Waals surface area contributed by atoms with Crippen molar-refractivity contribution in [3.05, 3.63) is 230 Å². The predicted molar refractivity (Wildman–Crippen MR) is 454 cm³/mol. The van der Waals surface area contributed by atoms with Crippen molar-refractivity contribution < 1.29 is 163 Å². The number of methoxy groups -OCH3 is 5. The van der Waals surface area contributed by atoms with E-state index >= 15 is 0 Å². The number of amides is 3. The Morgan fingerprint density at radius 1 is 0.435 bits per heavy atom. The number of carbonyl (C=O) groups is 6. The Balaban J connectivity index is 0.000000189. The van der Waals surface area contributed by atoms with E-state index in [1.54, 1.807) is 135 Å². The van der Waals surface area contributed by atoms with Gasteiger partial charge in [0.1, 0.15) is 51.4 Å². The van der Waals surface area contributed by atoms with E-state index < -0.39 is 94.4 Å². The van der Waals surface area contributed by atoms with E-state index in [2.05, 4.69) is 45.5 Å². The second-order valence-corrected chi connectivity index (χ2v) is 32.4. The van der Waals surface area contributed by atoms with Crippen molar-refractivity contribution in [2.75, 3.05) is 106 Å². The summed E-state index contributed by atoms with van der Waals surface area (Å²) in [6, 6.07) is 38.1. The van der Waals surface area contributed by atoms with E-state index in [1.165, 1.54) is 43.1 Å². The van der Waals surface area contributed by atoms with Crippen LogP contribution in [0.1, 0.15) is 69.6 Å². The number of nitrogen functional groups attached to an aromatic ring is 1. The van der Waals surface area contributed by atoms with Gasteiger partial charge in [0.05, 0.1) is 90.2 Å². The molecule has 3 saturated carbocycles. The molecule has 9 atom stereocenters. The van der Waals surface area contributed by atoms with Crippen LogP contribution in [0.2, 0.25) is 15.1 Å². The van der Waals surface area contributed by atoms with E-state index in [0.29, 0.717) is 126 Å². The van der Waals surface area contributed by atoms with Crippen LogP contribution in [0.25, 0.3) is 0 Å². The predicted octanol–water partition coefficient (Wildman–Crippen LogP) is 16.2. The van der Waals surface area contributed by atoms with E-state index in [1.807, 2.05) is 0 Å². The number of nitrogens with one attached hydrogen (secondary N) is 2. The van der Waals surface area contributed by atoms with Crippen molar-refractivity contribution >= 4 is 120 Å². The number of halogens is 16. The number of carboxylic acids is 1. The minimum absolute atomic E-state index is 0. The molecule has 0 saturated heterocycles. The second kappa shape index (κ2) is 43.7. The van der Waals surface area contributed by atoms with Crippen molar-refractivity contribution in [3.63, 3.8) is 0 Å². The van der Waals surface area contributed by atoms with Crippen LogP contribution < -0.4 is 92.6 Å². The fraction of sp³-hybridized carbons (Fsp3) is 0.326. The largest absolute Gasteiger partial charge is 1.00 e. The number of aliphatic carboxylic acids is 1. The fourth-order valence-corrected chi connectivity index (χ4v) is 15.4. The van der Waals surface area contributed by atoms with Gasteiger partial charge in [0.15, 0.2) is 34.7 Å². The van der Waals surface area contributed by atoms with Crippen LogP contribution in [0.4, 0.5) is 86.8 Å². The molecule has 3 aliphatic heterocycles. The standard InChI is InChI=1S/C30H27ClF4N2O6.C29H25ClF4N2O6.C17H11BrClF4NO2.C13H17NO4.Li.H2O/c1-40-21-11-20(12-22(13-21)42-15-18-9-23(18)29(39)41-2)36-27(16-3-5-19(31)6-4-16)28(38)37-8-7-17-10-24(32)26(14-25(17)37)43-30(33,34)35;1-40-20-10-19(11-21(12-20)41-14-17-8-22(17)28(38)39)35-26(15-2-4-18(30)5-3-15)27(37)36-7-6-16-9-23(31)25(13-24(16)36)42-29(32,33)34;18-15(9-1-3-11(19)4-2-9)16(25)24-6-5-10-7-12(20)14(8-13(10)24)26-17(21,22)23;1-16-10-4-9(14)5-11(6-10)18-7-8-3-12(8)13(15)17-2;;/h3-6,10-14,18,23,27,36H,7-9,15H2,1-2H3;2-5,9-13,17,22,26,35H,6-8,14H2,1H3,(H,38,39);1-4,7-8,15H,5-6H2;4-6,8,12H,3,7,14H2,1-2H3;;1H2/q;;;;+1;/p-1/t18-,23+,27?;17-,22+,26?;;8-,12+;;/m11.1../s1. The molecule has 9 aromatic rings. The van der Waals surface area contributed by atoms with Crippen molar-refractivity contribution in [1.82, 2.24) is 0 Å². The quantitative estimate of drug-likeness (QED) is 0.0116. The molecule has 0 spiro atoms. The van der Waals surface area contributed by atoms with Crippen LogP contribution in [0, 0.1) is 53.0 Å². The van der Waals surface area contributed by atoms with Crippen LogP contribution >= 0.6 is 50.7 Å². The molecule has 3 amide bonds. The van der Waals surface area contributed by atoms with Crippen molar-refractivity contribution in [2.24, 2.45) is 35.5 Å². The molecule has 0 bridgehead atoms. The number of nitrogens with two attached hydrogens (primary N) is 1. The summed E-state index contributed by atoms with van der Waals surface area (Å²) in [4.78, 5) is 78.1. The van der Waals surface area contributed by atoms with Gasteiger partial charge in [0.2, 0.25) is 5.91 Å². The Hall–Kier alpha value is -11.5. The zero-order valence-corrected chi connectivity index (χ0v) is 73.9. The van der Waals surface area contributed by atoms with Crippen molar-refractivity contribution in [2.45, 2.75) is 74.5 Å². The molecular formula is C89H81BrCl3F12LiN6O19. The molecule has 131 heavy (non-hydrogen) atoms. The van der Waals surface area contributed by atoms with E-state index in [4.69, 9.17) is 78.8 Å². The summed E-state index contributed by atoms with van der Waals surface area (Å²) in [7, 11) is 7.24. The molecule has 15 rings (SSSR count). The summed E-state index contributed by atoms with van der Waals surface area (Å²) in [6.45, 7) is 1.41. The molecule has 6 aliphatic rings. The van der Waals surface area contributed by atoms with E-state index in [9.17, 15) is 81.5 Å². The number of benzene rings is 9. The molecule has 9 aromatic carbocycles. The van der Waals surface area contributed by atoms with Crippen LogP contribution in [-0.4, -0.2) is 140 Å². The summed E-state index contributed by atoms with van der Waals surface area (Å²) >= 11 is 21.3. The maximum atomic E-state index is 14.4. The number of hydrogen-bond acceptors (Lipinski definition) is 21. The number of fused-ring (bicyclic) bond motifs is 3. The SMILES string of the molecule is COC(=O)[C@H]1C[C@@H]1COc1cc(N)cc(OC)c1.COC(=O)[C@H]1C[C@@H]1COc1cc(NC(C(=O)N2CCc3cc(F)c(OC(F)(F)F)cc32)c2ccc(Cl)cc2)cc(OC)c1.COc1cc(NC(C(=O)N2CCc3cc(F)c(OC(F)(F)F)cc32)c2ccc(Cl)cc2)cc(OC[C@H]2C[C@@H]2C(=O)O)c1.O=C(C(Br)c1ccc(Cl)cc1)N1CCc2cc(F)c(OC(F)(F)F)cc21.[Li+].[OH-]. The number of nitrogens with zero attached hydrogens (tertiary/aromatic N) is 3. The number of rotatable bonds is 28. The van der Waals surface area contributed by atoms with Gasteiger partial charge in [-0.2, -0.15) is 0 Å². The fourth-order valence-electron chi connectivity index (χ4n) is 14.5. The molecule has 0 radical (unpaired) electrons. The van der Waals surface area contributed by atoms with Gasteiger partial charge in [0, 0.05) is 142 Å². The third-order valence-corrected chi connectivity index (χ3v) is 23.0. The first-order valence-electron chi connectivity index (χ1n) is 39.4. The van der Waals surface area contributed by atoms with Crippen LogP contribution in [0.3, 0.4) is 0 Å². The maximum absolute atomic E-state index is 14.4. The number of ether oxygens (including phenoxy) is 11. The first-order valence-corrected chi connectivity index (χ1v) is 41.4. The van der Waals surface area contributed by atoms with Crippen LogP contribution in [-0.2, 0) is 57.5 Å². The number of hydrogen-bond donors (Lipinski definition) is 4.